The molecule has 0 aliphatic heterocycles. The molecule has 0 atom stereocenters. The zero-order chi connectivity index (χ0) is 14.1. The van der Waals surface area contributed by atoms with Gasteiger partial charge < -0.3 is 15.5 Å². The summed E-state index contributed by atoms with van der Waals surface area (Å²) in [7, 11) is 0. The summed E-state index contributed by atoms with van der Waals surface area (Å²) < 4.78 is 0. The number of anilines is 1. The highest BCUT2D eigenvalue weighted by Gasteiger charge is 2.07. The summed E-state index contributed by atoms with van der Waals surface area (Å²) in [6.07, 6.45) is 2.40. The summed E-state index contributed by atoms with van der Waals surface area (Å²) in [6.45, 7) is 7.31. The summed E-state index contributed by atoms with van der Waals surface area (Å²) >= 11 is 0. The molecule has 0 aromatic heterocycles. The molecule has 19 heavy (non-hydrogen) atoms. The number of nitrogens with zero attached hydrogens (tertiary/aromatic N) is 1. The number of rotatable bonds is 7. The molecule has 1 rings (SSSR count). The summed E-state index contributed by atoms with van der Waals surface area (Å²) in [5, 5.41) is 5.33. The number of amides is 2. The van der Waals surface area contributed by atoms with Gasteiger partial charge in [0.15, 0.2) is 0 Å². The van der Waals surface area contributed by atoms with Gasteiger partial charge in [-0.1, -0.05) is 31.4 Å². The van der Waals surface area contributed by atoms with Gasteiger partial charge in [0, 0.05) is 5.69 Å². The summed E-state index contributed by atoms with van der Waals surface area (Å²) in [6, 6.07) is 9.44. The van der Waals surface area contributed by atoms with E-state index in [4.69, 9.17) is 0 Å². The second-order valence-corrected chi connectivity index (χ2v) is 3.68. The lowest BCUT2D eigenvalue weighted by Crippen LogP contribution is -2.43. The SMILES string of the molecule is C=CC(=O)NCN(CNC(=O)C=C)c1ccccc1. The monoisotopic (exact) mass is 259 g/mol. The molecule has 0 spiro atoms. The first-order chi connectivity index (χ1) is 9.17. The fourth-order valence-electron chi connectivity index (χ4n) is 1.37. The largest absolute Gasteiger partial charge is 0.336 e. The highest BCUT2D eigenvalue weighted by atomic mass is 16.2. The fraction of sp³-hybridized carbons (Fsp3) is 0.143. The van der Waals surface area contributed by atoms with E-state index in [1.807, 2.05) is 35.2 Å². The second-order valence-electron chi connectivity index (χ2n) is 3.68. The molecule has 0 unspecified atom stereocenters. The maximum atomic E-state index is 11.2. The Morgan fingerprint density at radius 2 is 1.47 bits per heavy atom. The lowest BCUT2D eigenvalue weighted by atomic mass is 10.3. The van der Waals surface area contributed by atoms with Gasteiger partial charge in [0.05, 0.1) is 13.3 Å². The van der Waals surface area contributed by atoms with Crippen LogP contribution in [0.5, 0.6) is 0 Å². The molecule has 0 fully saturated rings. The van der Waals surface area contributed by atoms with Gasteiger partial charge in [-0.15, -0.1) is 0 Å². The van der Waals surface area contributed by atoms with E-state index in [1.165, 1.54) is 12.2 Å². The van der Waals surface area contributed by atoms with Gasteiger partial charge in [0.2, 0.25) is 11.8 Å². The number of carbonyl (C=O) groups is 2. The van der Waals surface area contributed by atoms with Crippen molar-refractivity contribution >= 4 is 17.5 Å². The van der Waals surface area contributed by atoms with Gasteiger partial charge in [-0.05, 0) is 24.3 Å². The molecule has 0 aliphatic carbocycles. The quantitative estimate of drug-likeness (QED) is 0.567. The zero-order valence-electron chi connectivity index (χ0n) is 10.6. The molecule has 2 amide bonds. The Labute approximate surface area is 112 Å². The minimum Gasteiger partial charge on any atom is -0.336 e. The maximum Gasteiger partial charge on any atom is 0.244 e. The van der Waals surface area contributed by atoms with E-state index in [1.54, 1.807) is 0 Å². The van der Waals surface area contributed by atoms with Crippen LogP contribution >= 0.6 is 0 Å². The van der Waals surface area contributed by atoms with E-state index in [0.717, 1.165) is 5.69 Å². The van der Waals surface area contributed by atoms with Crippen LogP contribution in [0, 0.1) is 0 Å². The molecule has 0 saturated heterocycles. The van der Waals surface area contributed by atoms with Crippen molar-refractivity contribution in [1.82, 2.24) is 10.6 Å². The van der Waals surface area contributed by atoms with Crippen LogP contribution in [0.3, 0.4) is 0 Å². The van der Waals surface area contributed by atoms with Crippen LogP contribution in [0.25, 0.3) is 0 Å². The Morgan fingerprint density at radius 3 is 1.89 bits per heavy atom. The number of nitrogens with one attached hydrogen (secondary N) is 2. The Kier molecular flexibility index (Phi) is 5.88. The van der Waals surface area contributed by atoms with Crippen LogP contribution in [0.15, 0.2) is 55.6 Å². The standard InChI is InChI=1S/C14H17N3O2/c1-3-13(18)15-10-17(11-16-14(19)4-2)12-8-6-5-7-9-12/h3-9H,1-2,10-11H2,(H,15,18)(H,16,19). The lowest BCUT2D eigenvalue weighted by molar-refractivity contribution is -0.116. The molecule has 5 heteroatoms. The predicted octanol–water partition coefficient (Wildman–Crippen LogP) is 1.01. The van der Waals surface area contributed by atoms with E-state index in [9.17, 15) is 9.59 Å². The molecule has 0 bridgehead atoms. The molecule has 0 aliphatic rings. The normalized spacial score (nSPS) is 9.26. The molecule has 100 valence electrons. The molecule has 1 aromatic carbocycles. The number of hydrogen-bond donors (Lipinski definition) is 2. The summed E-state index contributed by atoms with van der Waals surface area (Å²) in [5.74, 6) is -0.535. The molecule has 2 N–H and O–H groups in total. The van der Waals surface area contributed by atoms with Gasteiger partial charge >= 0.3 is 0 Å². The molecular formula is C14H17N3O2. The topological polar surface area (TPSA) is 61.4 Å². The first-order valence-electron chi connectivity index (χ1n) is 5.78. The van der Waals surface area contributed by atoms with Gasteiger partial charge in [0.25, 0.3) is 0 Å². The van der Waals surface area contributed by atoms with Crippen molar-refractivity contribution in [1.29, 1.82) is 0 Å². The Morgan fingerprint density at radius 1 is 1.00 bits per heavy atom. The Balaban J connectivity index is 2.67. The Hall–Kier alpha value is -2.56. The van der Waals surface area contributed by atoms with Crippen molar-refractivity contribution in [2.24, 2.45) is 0 Å². The van der Waals surface area contributed by atoms with Crippen molar-refractivity contribution in [2.75, 3.05) is 18.2 Å². The molecule has 0 saturated carbocycles. The van der Waals surface area contributed by atoms with E-state index in [-0.39, 0.29) is 25.2 Å². The van der Waals surface area contributed by atoms with Crippen molar-refractivity contribution in [3.05, 3.63) is 55.6 Å². The smallest absolute Gasteiger partial charge is 0.244 e. The van der Waals surface area contributed by atoms with Crippen molar-refractivity contribution in [2.45, 2.75) is 0 Å². The highest BCUT2D eigenvalue weighted by Crippen LogP contribution is 2.10. The van der Waals surface area contributed by atoms with E-state index in [0.29, 0.717) is 0 Å². The van der Waals surface area contributed by atoms with Gasteiger partial charge in [-0.25, -0.2) is 0 Å². The van der Waals surface area contributed by atoms with Crippen molar-refractivity contribution < 1.29 is 9.59 Å². The van der Waals surface area contributed by atoms with Gasteiger partial charge in [-0.3, -0.25) is 9.59 Å². The highest BCUT2D eigenvalue weighted by molar-refractivity contribution is 5.87. The minimum atomic E-state index is -0.268. The van der Waals surface area contributed by atoms with E-state index >= 15 is 0 Å². The fourth-order valence-corrected chi connectivity index (χ4v) is 1.37. The van der Waals surface area contributed by atoms with E-state index < -0.39 is 0 Å². The molecule has 1 aromatic rings. The predicted molar refractivity (Wildman–Crippen MR) is 75.3 cm³/mol. The zero-order valence-corrected chi connectivity index (χ0v) is 10.6. The third-order valence-electron chi connectivity index (χ3n) is 2.38. The van der Waals surface area contributed by atoms with E-state index in [2.05, 4.69) is 23.8 Å². The second kappa shape index (κ2) is 7.71. The number of carbonyl (C=O) groups excluding carboxylic acids is 2. The lowest BCUT2D eigenvalue weighted by Gasteiger charge is -2.24. The molecular weight excluding hydrogens is 242 g/mol. The first-order valence-corrected chi connectivity index (χ1v) is 5.78. The van der Waals surface area contributed by atoms with Crippen LogP contribution in [-0.4, -0.2) is 25.2 Å². The summed E-state index contributed by atoms with van der Waals surface area (Å²) in [4.78, 5) is 24.2. The number of para-hydroxylation sites is 1. The summed E-state index contributed by atoms with van der Waals surface area (Å²) in [5.41, 5.74) is 0.885. The van der Waals surface area contributed by atoms with Gasteiger partial charge in [0.1, 0.15) is 0 Å². The molecule has 5 nitrogen and oxygen atoms in total. The van der Waals surface area contributed by atoms with Crippen LogP contribution < -0.4 is 15.5 Å². The average Bonchev–Trinajstić information content (AvgIpc) is 2.47. The van der Waals surface area contributed by atoms with Gasteiger partial charge in [-0.2, -0.15) is 0 Å². The molecule has 0 heterocycles. The minimum absolute atomic E-state index is 0.268. The maximum absolute atomic E-state index is 11.2. The van der Waals surface area contributed by atoms with Crippen molar-refractivity contribution in [3.63, 3.8) is 0 Å². The van der Waals surface area contributed by atoms with Crippen LogP contribution in [0.1, 0.15) is 0 Å². The van der Waals surface area contributed by atoms with Crippen LogP contribution in [0.4, 0.5) is 5.69 Å². The Bertz CT molecular complexity index is 433. The number of hydrogen-bond acceptors (Lipinski definition) is 3. The van der Waals surface area contributed by atoms with Crippen molar-refractivity contribution in [3.8, 4) is 0 Å². The van der Waals surface area contributed by atoms with Crippen LogP contribution in [-0.2, 0) is 9.59 Å². The first kappa shape index (κ1) is 14.5. The third kappa shape index (κ3) is 5.08. The molecule has 0 radical (unpaired) electrons. The third-order valence-corrected chi connectivity index (χ3v) is 2.38. The average molecular weight is 259 g/mol. The number of benzene rings is 1. The van der Waals surface area contributed by atoms with Crippen LogP contribution in [0.2, 0.25) is 0 Å².